The number of piperazine rings is 1. The van der Waals surface area contributed by atoms with Crippen LogP contribution in [0.15, 0.2) is 21.3 Å². The van der Waals surface area contributed by atoms with Gasteiger partial charge in [-0.25, -0.2) is 4.79 Å². The van der Waals surface area contributed by atoms with Gasteiger partial charge in [-0.05, 0) is 38.4 Å². The van der Waals surface area contributed by atoms with E-state index in [0.29, 0.717) is 39.4 Å². The van der Waals surface area contributed by atoms with Gasteiger partial charge in [0.25, 0.3) is 0 Å². The zero-order chi connectivity index (χ0) is 23.6. The molecule has 1 N–H and O–H groups in total. The van der Waals surface area contributed by atoms with Crippen LogP contribution < -0.4 is 15.7 Å². The Morgan fingerprint density at radius 3 is 2.55 bits per heavy atom. The van der Waals surface area contributed by atoms with Gasteiger partial charge in [0.15, 0.2) is 0 Å². The van der Waals surface area contributed by atoms with Crippen molar-refractivity contribution in [2.24, 2.45) is 0 Å². The van der Waals surface area contributed by atoms with Crippen LogP contribution in [0.4, 0.5) is 0 Å². The maximum atomic E-state index is 13.0. The highest BCUT2D eigenvalue weighted by Crippen LogP contribution is 2.34. The molecule has 180 valence electrons. The number of nitrogens with zero attached hydrogens (tertiary/aromatic N) is 2. The molecule has 0 spiro atoms. The van der Waals surface area contributed by atoms with Gasteiger partial charge < -0.3 is 19.4 Å². The molecule has 1 aliphatic heterocycles. The van der Waals surface area contributed by atoms with Crippen LogP contribution in [0, 0.1) is 6.92 Å². The fourth-order valence-electron chi connectivity index (χ4n) is 5.33. The van der Waals surface area contributed by atoms with Crippen LogP contribution in [0.5, 0.6) is 5.75 Å². The van der Waals surface area contributed by atoms with E-state index in [1.165, 1.54) is 26.4 Å². The van der Waals surface area contributed by atoms with Gasteiger partial charge >= 0.3 is 5.63 Å². The van der Waals surface area contributed by atoms with Crippen molar-refractivity contribution in [2.75, 3.05) is 46.9 Å². The molecule has 7 nitrogen and oxygen atoms in total. The third kappa shape index (κ3) is 5.05. The SMILES string of the molecule is COc1cc2oc(=O)c(CC(=O)NCC3(N4CCN(C)CC4)CCCCC3)c(C)c2cc1Cl. The van der Waals surface area contributed by atoms with Crippen molar-refractivity contribution in [1.29, 1.82) is 0 Å². The van der Waals surface area contributed by atoms with Crippen LogP contribution in [-0.4, -0.2) is 68.1 Å². The maximum Gasteiger partial charge on any atom is 0.340 e. The number of likely N-dealkylation sites (N-methyl/N-ethyl adjacent to an activating group) is 1. The second-order valence-corrected chi connectivity index (χ2v) is 9.91. The van der Waals surface area contributed by atoms with Crippen LogP contribution in [0.1, 0.15) is 43.2 Å². The summed E-state index contributed by atoms with van der Waals surface area (Å²) >= 11 is 6.28. The number of amides is 1. The molecule has 1 saturated carbocycles. The topological polar surface area (TPSA) is 75.0 Å². The third-order valence-electron chi connectivity index (χ3n) is 7.47. The Hall–Kier alpha value is -2.09. The molecule has 0 unspecified atom stereocenters. The fraction of sp³-hybridized carbons (Fsp3) is 0.600. The Labute approximate surface area is 200 Å². The lowest BCUT2D eigenvalue weighted by Gasteiger charge is -2.49. The normalized spacial score (nSPS) is 19.5. The minimum Gasteiger partial charge on any atom is -0.495 e. The van der Waals surface area contributed by atoms with Gasteiger partial charge in [-0.1, -0.05) is 30.9 Å². The van der Waals surface area contributed by atoms with Gasteiger partial charge in [0.2, 0.25) is 5.91 Å². The second-order valence-electron chi connectivity index (χ2n) is 9.50. The van der Waals surface area contributed by atoms with Crippen molar-refractivity contribution in [3.8, 4) is 5.75 Å². The highest BCUT2D eigenvalue weighted by atomic mass is 35.5. The van der Waals surface area contributed by atoms with E-state index in [9.17, 15) is 9.59 Å². The molecule has 2 fully saturated rings. The molecule has 1 aromatic carbocycles. The third-order valence-corrected chi connectivity index (χ3v) is 7.77. The standard InChI is InChI=1S/C25H34ClN3O4/c1-17-18-13-20(26)22(32-3)15-21(18)33-24(31)19(17)14-23(30)27-16-25(7-5-4-6-8-25)29-11-9-28(2)10-12-29/h13,15H,4-12,14,16H2,1-3H3,(H,27,30). The highest BCUT2D eigenvalue weighted by Gasteiger charge is 2.39. The lowest BCUT2D eigenvalue weighted by Crippen LogP contribution is -2.61. The molecule has 4 rings (SSSR count). The molecule has 0 atom stereocenters. The maximum absolute atomic E-state index is 13.0. The van der Waals surface area contributed by atoms with E-state index in [2.05, 4.69) is 22.2 Å². The molecule has 2 aromatic rings. The number of methoxy groups -OCH3 is 1. The number of rotatable bonds is 6. The van der Waals surface area contributed by atoms with E-state index < -0.39 is 5.63 Å². The van der Waals surface area contributed by atoms with Crippen LogP contribution in [0.3, 0.4) is 0 Å². The monoisotopic (exact) mass is 475 g/mol. The summed E-state index contributed by atoms with van der Waals surface area (Å²) in [6.45, 7) is 6.63. The number of hydrogen-bond acceptors (Lipinski definition) is 6. The van der Waals surface area contributed by atoms with Gasteiger partial charge in [0, 0.05) is 49.7 Å². The van der Waals surface area contributed by atoms with Crippen molar-refractivity contribution >= 4 is 28.5 Å². The van der Waals surface area contributed by atoms with Gasteiger partial charge in [0.05, 0.1) is 24.1 Å². The van der Waals surface area contributed by atoms with Gasteiger partial charge in [-0.15, -0.1) is 0 Å². The Morgan fingerprint density at radius 1 is 1.18 bits per heavy atom. The first-order valence-corrected chi connectivity index (χ1v) is 12.2. The molecular formula is C25H34ClN3O4. The van der Waals surface area contributed by atoms with Crippen molar-refractivity contribution in [3.05, 3.63) is 38.7 Å². The summed E-state index contributed by atoms with van der Waals surface area (Å²) in [7, 11) is 3.67. The predicted molar refractivity (Wildman–Crippen MR) is 130 cm³/mol. The number of aryl methyl sites for hydroxylation is 1. The second kappa shape index (κ2) is 10.0. The number of hydrogen-bond donors (Lipinski definition) is 1. The molecule has 2 aliphatic rings. The predicted octanol–water partition coefficient (Wildman–Crippen LogP) is 3.37. The summed E-state index contributed by atoms with van der Waals surface area (Å²) in [6, 6.07) is 3.33. The Balaban J connectivity index is 1.50. The van der Waals surface area contributed by atoms with Crippen molar-refractivity contribution in [1.82, 2.24) is 15.1 Å². The number of carbonyl (C=O) groups excluding carboxylic acids is 1. The smallest absolute Gasteiger partial charge is 0.340 e. The Bertz CT molecular complexity index is 1070. The van der Waals surface area contributed by atoms with Crippen molar-refractivity contribution in [2.45, 2.75) is 51.0 Å². The lowest BCUT2D eigenvalue weighted by molar-refractivity contribution is -0.121. The van der Waals surface area contributed by atoms with E-state index in [1.54, 1.807) is 12.1 Å². The average molecular weight is 476 g/mol. The van der Waals surface area contributed by atoms with E-state index in [0.717, 1.165) is 39.0 Å². The van der Waals surface area contributed by atoms with E-state index in [4.69, 9.17) is 20.8 Å². The summed E-state index contributed by atoms with van der Waals surface area (Å²) in [5, 5.41) is 4.31. The molecule has 1 amide bonds. The number of carbonyl (C=O) groups is 1. The molecule has 2 heterocycles. The summed E-state index contributed by atoms with van der Waals surface area (Å²) in [6.07, 6.45) is 5.85. The van der Waals surface area contributed by atoms with E-state index in [-0.39, 0.29) is 17.9 Å². The summed E-state index contributed by atoms with van der Waals surface area (Å²) in [5.74, 6) is 0.294. The zero-order valence-electron chi connectivity index (χ0n) is 19.8. The number of fused-ring (bicyclic) bond motifs is 1. The van der Waals surface area contributed by atoms with Crippen LogP contribution in [0.2, 0.25) is 5.02 Å². The molecule has 1 saturated heterocycles. The first-order chi connectivity index (χ1) is 15.8. The first-order valence-electron chi connectivity index (χ1n) is 11.8. The van der Waals surface area contributed by atoms with Crippen LogP contribution >= 0.6 is 11.6 Å². The summed E-state index contributed by atoms with van der Waals surface area (Å²) in [5.41, 5.74) is 1.01. The van der Waals surface area contributed by atoms with E-state index in [1.807, 2.05) is 6.92 Å². The minimum atomic E-state index is -0.494. The number of nitrogens with one attached hydrogen (secondary N) is 1. The van der Waals surface area contributed by atoms with Crippen LogP contribution in [0.25, 0.3) is 11.0 Å². The molecule has 33 heavy (non-hydrogen) atoms. The lowest BCUT2D eigenvalue weighted by atomic mass is 9.79. The molecule has 8 heteroatoms. The number of benzene rings is 1. The highest BCUT2D eigenvalue weighted by molar-refractivity contribution is 6.32. The largest absolute Gasteiger partial charge is 0.495 e. The van der Waals surface area contributed by atoms with Crippen molar-refractivity contribution in [3.63, 3.8) is 0 Å². The number of ether oxygens (including phenoxy) is 1. The average Bonchev–Trinajstić information content (AvgIpc) is 2.82. The van der Waals surface area contributed by atoms with Gasteiger partial charge in [-0.3, -0.25) is 9.69 Å². The quantitative estimate of drug-likeness (QED) is 0.645. The first kappa shape index (κ1) is 24.0. The summed E-state index contributed by atoms with van der Waals surface area (Å²) in [4.78, 5) is 30.6. The Kier molecular flexibility index (Phi) is 7.31. The fourth-order valence-corrected chi connectivity index (χ4v) is 5.57. The molecular weight excluding hydrogens is 442 g/mol. The molecule has 1 aromatic heterocycles. The number of halogens is 1. The zero-order valence-corrected chi connectivity index (χ0v) is 20.6. The van der Waals surface area contributed by atoms with Crippen molar-refractivity contribution < 1.29 is 13.9 Å². The molecule has 0 radical (unpaired) electrons. The summed E-state index contributed by atoms with van der Waals surface area (Å²) < 4.78 is 10.7. The Morgan fingerprint density at radius 2 is 1.88 bits per heavy atom. The molecule has 1 aliphatic carbocycles. The van der Waals surface area contributed by atoms with E-state index >= 15 is 0 Å². The van der Waals surface area contributed by atoms with Gasteiger partial charge in [-0.2, -0.15) is 0 Å². The van der Waals surface area contributed by atoms with Gasteiger partial charge in [0.1, 0.15) is 11.3 Å². The molecule has 0 bridgehead atoms. The van der Waals surface area contributed by atoms with Crippen LogP contribution in [-0.2, 0) is 11.2 Å². The minimum absolute atomic E-state index is 0.00737.